The smallest absolute Gasteiger partial charge is 0.251 e. The van der Waals surface area contributed by atoms with Gasteiger partial charge in [0.15, 0.2) is 5.16 Å². The summed E-state index contributed by atoms with van der Waals surface area (Å²) >= 11 is 6.66. The summed E-state index contributed by atoms with van der Waals surface area (Å²) in [4.78, 5) is 19.0. The zero-order valence-electron chi connectivity index (χ0n) is 7.57. The van der Waals surface area contributed by atoms with Crippen molar-refractivity contribution in [2.24, 2.45) is 0 Å². The first kappa shape index (κ1) is 10.9. The lowest BCUT2D eigenvalue weighted by Crippen LogP contribution is -2.05. The van der Waals surface area contributed by atoms with Crippen LogP contribution in [0.15, 0.2) is 38.1 Å². The van der Waals surface area contributed by atoms with E-state index in [1.165, 1.54) is 28.9 Å². The van der Waals surface area contributed by atoms with Gasteiger partial charge in [0.25, 0.3) is 5.56 Å². The van der Waals surface area contributed by atoms with Crippen LogP contribution in [0.4, 0.5) is 0 Å². The Morgan fingerprint density at radius 3 is 3.07 bits per heavy atom. The average Bonchev–Trinajstić information content (AvgIpc) is 2.61. The van der Waals surface area contributed by atoms with Gasteiger partial charge in [0.1, 0.15) is 0 Å². The number of hydrogen-bond donors (Lipinski definition) is 1. The van der Waals surface area contributed by atoms with Gasteiger partial charge in [-0.15, -0.1) is 11.3 Å². The lowest BCUT2D eigenvalue weighted by atomic mass is 10.5. The van der Waals surface area contributed by atoms with E-state index in [2.05, 4.69) is 25.9 Å². The third-order valence-electron chi connectivity index (χ3n) is 1.68. The third-order valence-corrected chi connectivity index (χ3v) is 4.70. The van der Waals surface area contributed by atoms with Crippen molar-refractivity contribution in [1.29, 1.82) is 0 Å². The van der Waals surface area contributed by atoms with Crippen molar-refractivity contribution >= 4 is 39.0 Å². The summed E-state index contributed by atoms with van der Waals surface area (Å²) in [5.41, 5.74) is -0.113. The van der Waals surface area contributed by atoms with Crippen LogP contribution in [-0.4, -0.2) is 9.97 Å². The zero-order chi connectivity index (χ0) is 10.7. The number of nitrogens with zero attached hydrogens (tertiary/aromatic N) is 1. The molecule has 0 aliphatic rings. The largest absolute Gasteiger partial charge is 0.301 e. The van der Waals surface area contributed by atoms with Gasteiger partial charge in [0, 0.05) is 27.4 Å². The Morgan fingerprint density at radius 2 is 2.40 bits per heavy atom. The predicted molar refractivity (Wildman–Crippen MR) is 66.4 cm³/mol. The summed E-state index contributed by atoms with van der Waals surface area (Å²) in [7, 11) is 0. The number of nitrogens with one attached hydrogen (secondary N) is 1. The molecule has 0 atom stereocenters. The molecule has 0 aromatic carbocycles. The number of aromatic nitrogens is 2. The van der Waals surface area contributed by atoms with Crippen molar-refractivity contribution in [1.82, 2.24) is 9.97 Å². The molecule has 0 bridgehead atoms. The number of thioether (sulfide) groups is 1. The quantitative estimate of drug-likeness (QED) is 0.700. The summed E-state index contributed by atoms with van der Waals surface area (Å²) in [5.74, 6) is 0.811. The number of thiophene rings is 1. The Bertz CT molecular complexity index is 509. The first-order valence-corrected chi connectivity index (χ1v) is 6.81. The number of rotatable bonds is 3. The van der Waals surface area contributed by atoms with Crippen molar-refractivity contribution in [2.75, 3.05) is 0 Å². The highest BCUT2D eigenvalue weighted by Crippen LogP contribution is 2.28. The number of aromatic amines is 1. The Balaban J connectivity index is 2.05. The van der Waals surface area contributed by atoms with Gasteiger partial charge in [0.05, 0.1) is 0 Å². The predicted octanol–water partition coefficient (Wildman–Crippen LogP) is 2.89. The molecular weight excluding hydrogens is 296 g/mol. The normalized spacial score (nSPS) is 10.5. The van der Waals surface area contributed by atoms with Crippen LogP contribution in [0.3, 0.4) is 0 Å². The Labute approximate surface area is 103 Å². The van der Waals surface area contributed by atoms with E-state index < -0.39 is 0 Å². The van der Waals surface area contributed by atoms with Crippen molar-refractivity contribution in [3.8, 4) is 0 Å². The second kappa shape index (κ2) is 4.96. The standard InChI is InChI=1S/C9H7BrN2OS2/c10-6-2-4-14-7(6)5-15-9-11-3-1-8(13)12-9/h1-4H,5H2,(H,11,12,13). The molecule has 0 aliphatic heterocycles. The summed E-state index contributed by atoms with van der Waals surface area (Å²) in [5, 5.41) is 2.68. The highest BCUT2D eigenvalue weighted by Gasteiger charge is 2.03. The minimum Gasteiger partial charge on any atom is -0.301 e. The molecule has 1 N–H and O–H groups in total. The highest BCUT2D eigenvalue weighted by atomic mass is 79.9. The fourth-order valence-electron chi connectivity index (χ4n) is 0.987. The number of H-pyrrole nitrogens is 1. The van der Waals surface area contributed by atoms with Gasteiger partial charge < -0.3 is 4.98 Å². The second-order valence-electron chi connectivity index (χ2n) is 2.72. The molecule has 0 amide bonds. The van der Waals surface area contributed by atoms with Gasteiger partial charge in [-0.2, -0.15) is 0 Å². The zero-order valence-corrected chi connectivity index (χ0v) is 10.8. The summed E-state index contributed by atoms with van der Waals surface area (Å²) in [6, 6.07) is 3.42. The molecular formula is C9H7BrN2OS2. The molecule has 0 fully saturated rings. The lowest BCUT2D eigenvalue weighted by Gasteiger charge is -1.98. The molecule has 15 heavy (non-hydrogen) atoms. The van der Waals surface area contributed by atoms with Crippen LogP contribution in [0.25, 0.3) is 0 Å². The molecule has 78 valence electrons. The van der Waals surface area contributed by atoms with Crippen LogP contribution in [0, 0.1) is 0 Å². The molecule has 6 heteroatoms. The molecule has 0 saturated heterocycles. The van der Waals surface area contributed by atoms with E-state index >= 15 is 0 Å². The molecule has 2 heterocycles. The lowest BCUT2D eigenvalue weighted by molar-refractivity contribution is 0.936. The van der Waals surface area contributed by atoms with E-state index in [-0.39, 0.29) is 5.56 Å². The van der Waals surface area contributed by atoms with Crippen molar-refractivity contribution in [3.05, 3.63) is 43.4 Å². The minimum absolute atomic E-state index is 0.113. The topological polar surface area (TPSA) is 45.8 Å². The summed E-state index contributed by atoms with van der Waals surface area (Å²) < 4.78 is 1.11. The Morgan fingerprint density at radius 1 is 1.53 bits per heavy atom. The molecule has 2 aromatic rings. The van der Waals surface area contributed by atoms with E-state index in [0.717, 1.165) is 10.2 Å². The molecule has 0 unspecified atom stereocenters. The van der Waals surface area contributed by atoms with Gasteiger partial charge >= 0.3 is 0 Å². The summed E-state index contributed by atoms with van der Waals surface area (Å²) in [6.07, 6.45) is 1.52. The van der Waals surface area contributed by atoms with Gasteiger partial charge in [-0.1, -0.05) is 11.8 Å². The SMILES string of the molecule is O=c1ccnc(SCc2sccc2Br)[nH]1. The Kier molecular flexibility index (Phi) is 3.61. The fourth-order valence-corrected chi connectivity index (χ4v) is 3.63. The number of halogens is 1. The van der Waals surface area contributed by atoms with Crippen molar-refractivity contribution in [3.63, 3.8) is 0 Å². The molecule has 0 spiro atoms. The second-order valence-corrected chi connectivity index (χ2v) is 5.54. The highest BCUT2D eigenvalue weighted by molar-refractivity contribution is 9.10. The van der Waals surface area contributed by atoms with Crippen LogP contribution in [0.1, 0.15) is 4.88 Å². The van der Waals surface area contributed by atoms with Crippen LogP contribution in [-0.2, 0) is 5.75 Å². The van der Waals surface area contributed by atoms with E-state index in [1.807, 2.05) is 11.4 Å². The van der Waals surface area contributed by atoms with Gasteiger partial charge in [-0.25, -0.2) is 4.98 Å². The van der Waals surface area contributed by atoms with Crippen molar-refractivity contribution < 1.29 is 0 Å². The van der Waals surface area contributed by atoms with Crippen LogP contribution >= 0.6 is 39.0 Å². The van der Waals surface area contributed by atoms with E-state index in [9.17, 15) is 4.79 Å². The van der Waals surface area contributed by atoms with E-state index in [1.54, 1.807) is 11.3 Å². The number of hydrogen-bond acceptors (Lipinski definition) is 4. The molecule has 0 saturated carbocycles. The average molecular weight is 303 g/mol. The maximum atomic E-state index is 11.0. The monoisotopic (exact) mass is 302 g/mol. The first-order valence-electron chi connectivity index (χ1n) is 4.16. The maximum absolute atomic E-state index is 11.0. The summed E-state index contributed by atoms with van der Waals surface area (Å²) in [6.45, 7) is 0. The third kappa shape index (κ3) is 2.93. The molecule has 2 rings (SSSR count). The minimum atomic E-state index is -0.113. The molecule has 0 radical (unpaired) electrons. The maximum Gasteiger partial charge on any atom is 0.251 e. The van der Waals surface area contributed by atoms with Crippen LogP contribution in [0.2, 0.25) is 0 Å². The van der Waals surface area contributed by atoms with Gasteiger partial charge in [0.2, 0.25) is 0 Å². The Hall–Kier alpha value is -0.590. The van der Waals surface area contributed by atoms with E-state index in [0.29, 0.717) is 5.16 Å². The molecule has 2 aromatic heterocycles. The van der Waals surface area contributed by atoms with Crippen LogP contribution < -0.4 is 5.56 Å². The van der Waals surface area contributed by atoms with Crippen molar-refractivity contribution in [2.45, 2.75) is 10.9 Å². The molecule has 0 aliphatic carbocycles. The fraction of sp³-hybridized carbons (Fsp3) is 0.111. The molecule has 3 nitrogen and oxygen atoms in total. The van der Waals surface area contributed by atoms with Gasteiger partial charge in [-0.05, 0) is 27.4 Å². The van der Waals surface area contributed by atoms with E-state index in [4.69, 9.17) is 0 Å². The van der Waals surface area contributed by atoms with Gasteiger partial charge in [-0.3, -0.25) is 4.79 Å². The first-order chi connectivity index (χ1) is 7.25. The van der Waals surface area contributed by atoms with Crippen LogP contribution in [0.5, 0.6) is 0 Å².